The number of piperidine rings is 4. The van der Waals surface area contributed by atoms with Crippen LogP contribution in [0.1, 0.15) is 144 Å². The molecule has 17 unspecified atom stereocenters. The average Bonchev–Trinajstić information content (AvgIpc) is 3.30. The smallest absolute Gasteiger partial charge is 0.381 e. The maximum atomic E-state index is 13.4. The molecule has 388 valence electrons. The van der Waals surface area contributed by atoms with Crippen molar-refractivity contribution in [1.29, 1.82) is 0 Å². The molecular weight excluding hydrogens is 874 g/mol. The standard InChI is InChI=1S/C26H43F3N4O2.C26H46N4O3/c1-14-5-7-18(31-25(35)32-19-8-6-15(2)22(12-19)26(27,28)29)11-20(14)21-10-17-13-30-16(3)9-23(17)33(4)24(21)34;1-16-5-8-20(29-26(32)28-14-18-6-9-21(33-4)10-7-18)13-22(16)23-12-19-15-27-17(2)11-24(19)30(3)25(23)31/h14-23,30H,5-13H2,1-4H3,(H2,31,32,35);16-24,27H,5-15H2,1-4H3,(H2,28,29,32). The van der Waals surface area contributed by atoms with E-state index >= 15 is 0 Å². The van der Waals surface area contributed by atoms with Crippen molar-refractivity contribution >= 4 is 23.9 Å². The molecule has 4 aliphatic heterocycles. The second-order valence-electron chi connectivity index (χ2n) is 23.6. The van der Waals surface area contributed by atoms with Gasteiger partial charge in [0, 0.05) is 95.0 Å². The van der Waals surface area contributed by atoms with Crippen LogP contribution in [0.15, 0.2) is 0 Å². The summed E-state index contributed by atoms with van der Waals surface area (Å²) >= 11 is 0. The van der Waals surface area contributed by atoms with E-state index in [1.54, 1.807) is 14.0 Å². The number of nitrogens with zero attached hydrogens (tertiary/aromatic N) is 2. The van der Waals surface area contributed by atoms with Crippen LogP contribution in [0.4, 0.5) is 22.8 Å². The molecule has 0 spiro atoms. The number of amides is 6. The van der Waals surface area contributed by atoms with E-state index in [1.165, 1.54) is 0 Å². The van der Waals surface area contributed by atoms with Gasteiger partial charge in [-0.05, 0) is 170 Å². The van der Waals surface area contributed by atoms with Crippen LogP contribution in [0, 0.1) is 65.1 Å². The Hall–Kier alpha value is -2.85. The molecule has 0 radical (unpaired) electrons. The first-order valence-electron chi connectivity index (χ1n) is 27.0. The number of methoxy groups -OCH3 is 1. The number of rotatable bonds is 8. The Balaban J connectivity index is 0.000000202. The number of halogens is 3. The summed E-state index contributed by atoms with van der Waals surface area (Å²) in [6.07, 6.45) is 11.0. The zero-order valence-corrected chi connectivity index (χ0v) is 42.7. The number of hydrogen-bond acceptors (Lipinski definition) is 7. The minimum atomic E-state index is -4.23. The number of urea groups is 2. The predicted octanol–water partition coefficient (Wildman–Crippen LogP) is 7.44. The van der Waals surface area contributed by atoms with Gasteiger partial charge in [-0.25, -0.2) is 9.59 Å². The molecule has 0 bridgehead atoms. The van der Waals surface area contributed by atoms with E-state index in [0.717, 1.165) is 110 Å². The van der Waals surface area contributed by atoms with E-state index in [2.05, 4.69) is 64.5 Å². The van der Waals surface area contributed by atoms with Crippen LogP contribution < -0.4 is 31.9 Å². The zero-order valence-electron chi connectivity index (χ0n) is 42.7. The molecule has 4 heterocycles. The van der Waals surface area contributed by atoms with Gasteiger partial charge >= 0.3 is 18.2 Å². The Morgan fingerprint density at radius 1 is 0.603 bits per heavy atom. The fourth-order valence-electron chi connectivity index (χ4n) is 14.6. The summed E-state index contributed by atoms with van der Waals surface area (Å²) in [7, 11) is 5.75. The topological polar surface area (TPSA) is 156 Å². The van der Waals surface area contributed by atoms with Crippen LogP contribution in [0.3, 0.4) is 0 Å². The molecule has 17 atom stereocenters. The first-order chi connectivity index (χ1) is 32.3. The fourth-order valence-corrected chi connectivity index (χ4v) is 14.6. The van der Waals surface area contributed by atoms with Crippen molar-refractivity contribution in [3.63, 3.8) is 0 Å². The van der Waals surface area contributed by atoms with Crippen molar-refractivity contribution in [3.05, 3.63) is 0 Å². The van der Waals surface area contributed by atoms with Gasteiger partial charge in [0.2, 0.25) is 11.8 Å². The lowest BCUT2D eigenvalue weighted by Gasteiger charge is -2.50. The second-order valence-corrected chi connectivity index (χ2v) is 23.6. The average molecular weight is 963 g/mol. The van der Waals surface area contributed by atoms with Gasteiger partial charge < -0.3 is 46.4 Å². The third kappa shape index (κ3) is 13.0. The van der Waals surface area contributed by atoms with Gasteiger partial charge in [-0.3, -0.25) is 9.59 Å². The molecule has 6 amide bonds. The maximum Gasteiger partial charge on any atom is 0.392 e. The minimum absolute atomic E-state index is 0.0357. The number of alkyl halides is 3. The van der Waals surface area contributed by atoms with Gasteiger partial charge in [-0.1, -0.05) is 20.8 Å². The highest BCUT2D eigenvalue weighted by molar-refractivity contribution is 5.81. The van der Waals surface area contributed by atoms with Crippen LogP contribution in [0.2, 0.25) is 0 Å². The Morgan fingerprint density at radius 3 is 1.50 bits per heavy atom. The highest BCUT2D eigenvalue weighted by Crippen LogP contribution is 2.46. The van der Waals surface area contributed by atoms with Gasteiger partial charge in [0.15, 0.2) is 0 Å². The molecular formula is C52H89F3N8O5. The van der Waals surface area contributed by atoms with Crippen LogP contribution in [-0.2, 0) is 14.3 Å². The number of fused-ring (bicyclic) bond motifs is 2. The Labute approximate surface area is 405 Å². The Morgan fingerprint density at radius 2 is 1.04 bits per heavy atom. The third-order valence-electron chi connectivity index (χ3n) is 19.0. The summed E-state index contributed by atoms with van der Waals surface area (Å²) in [5.41, 5.74) is 0. The molecule has 6 N–H and O–H groups in total. The van der Waals surface area contributed by atoms with Gasteiger partial charge in [0.05, 0.1) is 12.0 Å². The molecule has 4 aliphatic carbocycles. The normalized spacial score (nSPS) is 42.4. The Bertz CT molecular complexity index is 1700. The number of nitrogens with one attached hydrogen (secondary N) is 6. The lowest BCUT2D eigenvalue weighted by atomic mass is 9.65. The van der Waals surface area contributed by atoms with Crippen molar-refractivity contribution in [2.75, 3.05) is 40.8 Å². The van der Waals surface area contributed by atoms with Crippen LogP contribution >= 0.6 is 0 Å². The number of carbonyl (C=O) groups excluding carboxylic acids is 4. The summed E-state index contributed by atoms with van der Waals surface area (Å²) in [4.78, 5) is 56.2. The van der Waals surface area contributed by atoms with Crippen molar-refractivity contribution in [2.45, 2.75) is 198 Å². The molecule has 4 saturated carbocycles. The van der Waals surface area contributed by atoms with Crippen molar-refractivity contribution in [2.24, 2.45) is 65.1 Å². The van der Waals surface area contributed by atoms with E-state index in [0.29, 0.717) is 84.5 Å². The quantitative estimate of drug-likeness (QED) is 0.148. The maximum absolute atomic E-state index is 13.4. The lowest BCUT2D eigenvalue weighted by Crippen LogP contribution is -2.60. The van der Waals surface area contributed by atoms with Crippen LogP contribution in [0.25, 0.3) is 0 Å². The third-order valence-corrected chi connectivity index (χ3v) is 19.0. The molecule has 4 saturated heterocycles. The Kier molecular flexibility index (Phi) is 18.0. The second kappa shape index (κ2) is 23.1. The van der Waals surface area contributed by atoms with E-state index < -0.39 is 24.1 Å². The molecule has 16 heteroatoms. The largest absolute Gasteiger partial charge is 0.392 e. The van der Waals surface area contributed by atoms with Crippen molar-refractivity contribution in [3.8, 4) is 0 Å². The zero-order chi connectivity index (χ0) is 49.0. The first kappa shape index (κ1) is 53.0. The highest BCUT2D eigenvalue weighted by Gasteiger charge is 2.50. The van der Waals surface area contributed by atoms with Crippen LogP contribution in [0.5, 0.6) is 0 Å². The summed E-state index contributed by atoms with van der Waals surface area (Å²) in [5.74, 6) is 1.88. The molecule has 13 nitrogen and oxygen atoms in total. The molecule has 8 aliphatic rings. The highest BCUT2D eigenvalue weighted by atomic mass is 19.4. The minimum Gasteiger partial charge on any atom is -0.381 e. The SMILES string of the molecule is CC1CC2C(CN1)CC(C1CC(NC(=O)NC3CCC(C)C(C(F)(F)F)C3)CCC1C)C(=O)N2C.COC1CCC(CNC(=O)NC2CCC(C)C(C3CC4CNC(C)CC4N(C)C3=O)C2)CC1. The number of hydrogen-bond donors (Lipinski definition) is 6. The van der Waals surface area contributed by atoms with Gasteiger partial charge in [0.25, 0.3) is 0 Å². The van der Waals surface area contributed by atoms with E-state index in [1.807, 2.05) is 19.0 Å². The van der Waals surface area contributed by atoms with E-state index in [9.17, 15) is 32.3 Å². The van der Waals surface area contributed by atoms with Crippen molar-refractivity contribution < 1.29 is 37.1 Å². The van der Waals surface area contributed by atoms with Gasteiger partial charge in [-0.2, -0.15) is 13.2 Å². The summed E-state index contributed by atoms with van der Waals surface area (Å²) in [6, 6.07) is 0.809. The van der Waals surface area contributed by atoms with Crippen molar-refractivity contribution in [1.82, 2.24) is 41.7 Å². The monoisotopic (exact) mass is 963 g/mol. The molecule has 0 aromatic rings. The predicted molar refractivity (Wildman–Crippen MR) is 258 cm³/mol. The molecule has 8 fully saturated rings. The summed E-state index contributed by atoms with van der Waals surface area (Å²) < 4.78 is 45.5. The van der Waals surface area contributed by atoms with Crippen LogP contribution in [-0.4, -0.2) is 129 Å². The number of likely N-dealkylation sites (tertiary alicyclic amines) is 2. The number of carbonyl (C=O) groups is 4. The number of ether oxygens (including phenoxy) is 1. The van der Waals surface area contributed by atoms with Gasteiger partial charge in [0.1, 0.15) is 0 Å². The first-order valence-corrected chi connectivity index (χ1v) is 27.0. The fraction of sp³-hybridized carbons (Fsp3) is 0.923. The van der Waals surface area contributed by atoms with E-state index in [4.69, 9.17) is 4.74 Å². The summed E-state index contributed by atoms with van der Waals surface area (Å²) in [5, 5.41) is 19.4. The molecule has 0 aromatic heterocycles. The molecule has 68 heavy (non-hydrogen) atoms. The molecule has 0 aromatic carbocycles. The molecule has 8 rings (SSSR count). The van der Waals surface area contributed by atoms with E-state index in [-0.39, 0.29) is 54.2 Å². The van der Waals surface area contributed by atoms with Gasteiger partial charge in [-0.15, -0.1) is 0 Å². The summed E-state index contributed by atoms with van der Waals surface area (Å²) in [6.45, 7) is 13.2. The lowest BCUT2D eigenvalue weighted by molar-refractivity contribution is -0.196.